The molecule has 1 atom stereocenters. The zero-order chi connectivity index (χ0) is 14.9. The average Bonchev–Trinajstić information content (AvgIpc) is 2.46. The third-order valence-electron chi connectivity index (χ3n) is 4.48. The predicted molar refractivity (Wildman–Crippen MR) is 77.2 cm³/mol. The minimum absolute atomic E-state index is 0.0204. The Morgan fingerprint density at radius 3 is 2.90 bits per heavy atom. The molecule has 1 aromatic carbocycles. The van der Waals surface area contributed by atoms with Gasteiger partial charge in [-0.15, -0.1) is 0 Å². The highest BCUT2D eigenvalue weighted by atomic mass is 16.6. The highest BCUT2D eigenvalue weighted by molar-refractivity contribution is 5.43. The van der Waals surface area contributed by atoms with Gasteiger partial charge in [-0.3, -0.25) is 10.1 Å². The Labute approximate surface area is 123 Å². The molecule has 21 heavy (non-hydrogen) atoms. The summed E-state index contributed by atoms with van der Waals surface area (Å²) in [5.74, 6) is 0.657. The molecule has 3 rings (SSSR count). The van der Waals surface area contributed by atoms with Gasteiger partial charge in [0.2, 0.25) is 0 Å². The lowest BCUT2D eigenvalue weighted by atomic mass is 9.74. The molecule has 0 aromatic heterocycles. The van der Waals surface area contributed by atoms with Crippen molar-refractivity contribution in [2.75, 3.05) is 6.61 Å². The topological polar surface area (TPSA) is 87.6 Å². The van der Waals surface area contributed by atoms with Crippen LogP contribution in [0.4, 0.5) is 5.69 Å². The fourth-order valence-corrected chi connectivity index (χ4v) is 3.14. The number of non-ortho nitro benzene ring substituents is 1. The van der Waals surface area contributed by atoms with Crippen LogP contribution in [0.5, 0.6) is 5.75 Å². The van der Waals surface area contributed by atoms with Crippen LogP contribution in [0.25, 0.3) is 0 Å². The summed E-state index contributed by atoms with van der Waals surface area (Å²) in [5.41, 5.74) is 6.43. The Hall–Kier alpha value is -1.66. The van der Waals surface area contributed by atoms with E-state index in [0.29, 0.717) is 11.3 Å². The number of benzene rings is 1. The molecule has 1 aliphatic carbocycles. The van der Waals surface area contributed by atoms with Crippen molar-refractivity contribution < 1.29 is 14.4 Å². The molecule has 0 bridgehead atoms. The van der Waals surface area contributed by atoms with Crippen LogP contribution < -0.4 is 10.5 Å². The zero-order valence-electron chi connectivity index (χ0n) is 11.9. The summed E-state index contributed by atoms with van der Waals surface area (Å²) in [4.78, 5) is 10.4. The van der Waals surface area contributed by atoms with Gasteiger partial charge in [-0.1, -0.05) is 0 Å². The van der Waals surface area contributed by atoms with Crippen LogP contribution in [0.1, 0.15) is 37.7 Å². The van der Waals surface area contributed by atoms with Crippen molar-refractivity contribution >= 4 is 5.69 Å². The van der Waals surface area contributed by atoms with Gasteiger partial charge in [0.15, 0.2) is 0 Å². The zero-order valence-corrected chi connectivity index (χ0v) is 11.9. The lowest BCUT2D eigenvalue weighted by molar-refractivity contribution is -0.384. The molecular formula is C15H20N2O4. The summed E-state index contributed by atoms with van der Waals surface area (Å²) >= 11 is 0. The summed E-state index contributed by atoms with van der Waals surface area (Å²) in [6, 6.07) is 4.62. The van der Waals surface area contributed by atoms with E-state index in [1.165, 1.54) is 18.6 Å². The van der Waals surface area contributed by atoms with E-state index >= 15 is 0 Å². The average molecular weight is 292 g/mol. The highest BCUT2D eigenvalue weighted by Gasteiger charge is 2.43. The minimum Gasteiger partial charge on any atom is -0.490 e. The van der Waals surface area contributed by atoms with E-state index in [2.05, 4.69) is 0 Å². The largest absolute Gasteiger partial charge is 0.490 e. The smallest absolute Gasteiger partial charge is 0.270 e. The van der Waals surface area contributed by atoms with Crippen LogP contribution in [-0.4, -0.2) is 23.2 Å². The maximum Gasteiger partial charge on any atom is 0.270 e. The number of nitro benzene ring substituents is 1. The van der Waals surface area contributed by atoms with Crippen molar-refractivity contribution in [1.29, 1.82) is 0 Å². The summed E-state index contributed by atoms with van der Waals surface area (Å²) in [5, 5.41) is 10.8. The molecule has 0 amide bonds. The van der Waals surface area contributed by atoms with Crippen molar-refractivity contribution in [2.24, 2.45) is 5.73 Å². The molecule has 2 aliphatic rings. The van der Waals surface area contributed by atoms with Gasteiger partial charge < -0.3 is 15.2 Å². The maximum absolute atomic E-state index is 10.8. The number of rotatable bonds is 4. The molecule has 114 valence electrons. The Kier molecular flexibility index (Phi) is 3.82. The number of ether oxygens (including phenoxy) is 2. The molecule has 1 heterocycles. The monoisotopic (exact) mass is 292 g/mol. The van der Waals surface area contributed by atoms with E-state index < -0.39 is 4.92 Å². The number of nitrogens with zero attached hydrogens (tertiary/aromatic N) is 1. The van der Waals surface area contributed by atoms with E-state index in [-0.39, 0.29) is 23.9 Å². The standard InChI is InChI=1S/C15H20N2O4/c16-10-11-8-12(17(18)19)2-3-14(11)21-13-4-7-20-15(9-13)5-1-6-15/h2-3,8,13H,1,4-7,9-10,16H2. The first-order chi connectivity index (χ1) is 10.1. The molecule has 1 saturated heterocycles. The van der Waals surface area contributed by atoms with Crippen molar-refractivity contribution in [3.05, 3.63) is 33.9 Å². The fraction of sp³-hybridized carbons (Fsp3) is 0.600. The van der Waals surface area contributed by atoms with E-state index in [1.54, 1.807) is 6.07 Å². The molecule has 1 aliphatic heterocycles. The molecule has 0 radical (unpaired) electrons. The third kappa shape index (κ3) is 2.87. The SMILES string of the molecule is NCc1cc([N+](=O)[O-])ccc1OC1CCOC2(CCC2)C1. The van der Waals surface area contributed by atoms with Gasteiger partial charge in [-0.05, 0) is 25.3 Å². The van der Waals surface area contributed by atoms with Crippen LogP contribution in [0.2, 0.25) is 0 Å². The van der Waals surface area contributed by atoms with Crippen LogP contribution in [0, 0.1) is 10.1 Å². The Balaban J connectivity index is 1.73. The number of hydrogen-bond acceptors (Lipinski definition) is 5. The molecule has 1 aromatic rings. The molecule has 2 N–H and O–H groups in total. The normalized spacial score (nSPS) is 23.6. The quantitative estimate of drug-likeness (QED) is 0.680. The molecule has 6 nitrogen and oxygen atoms in total. The van der Waals surface area contributed by atoms with Crippen LogP contribution in [0.3, 0.4) is 0 Å². The van der Waals surface area contributed by atoms with Crippen LogP contribution in [0.15, 0.2) is 18.2 Å². The Bertz CT molecular complexity index is 542. The second-order valence-corrected chi connectivity index (χ2v) is 5.87. The molecule has 1 unspecified atom stereocenters. The molecule has 6 heteroatoms. The number of nitrogens with two attached hydrogens (primary N) is 1. The summed E-state index contributed by atoms with van der Waals surface area (Å²) < 4.78 is 11.9. The lowest BCUT2D eigenvalue weighted by Crippen LogP contribution is -2.48. The van der Waals surface area contributed by atoms with Gasteiger partial charge in [0.25, 0.3) is 5.69 Å². The van der Waals surface area contributed by atoms with Crippen molar-refractivity contribution in [2.45, 2.75) is 50.4 Å². The minimum atomic E-state index is -0.416. The second-order valence-electron chi connectivity index (χ2n) is 5.87. The lowest BCUT2D eigenvalue weighted by Gasteiger charge is -2.47. The first-order valence-corrected chi connectivity index (χ1v) is 7.40. The van der Waals surface area contributed by atoms with Gasteiger partial charge in [0.1, 0.15) is 11.9 Å². The van der Waals surface area contributed by atoms with Gasteiger partial charge in [-0.2, -0.15) is 0 Å². The predicted octanol–water partition coefficient (Wildman–Crippen LogP) is 2.53. The number of hydrogen-bond donors (Lipinski definition) is 1. The van der Waals surface area contributed by atoms with Crippen molar-refractivity contribution in [1.82, 2.24) is 0 Å². The van der Waals surface area contributed by atoms with Crippen molar-refractivity contribution in [3.8, 4) is 5.75 Å². The summed E-state index contributed by atoms with van der Waals surface area (Å²) in [6.45, 7) is 0.945. The Morgan fingerprint density at radius 2 is 2.29 bits per heavy atom. The third-order valence-corrected chi connectivity index (χ3v) is 4.48. The van der Waals surface area contributed by atoms with Gasteiger partial charge >= 0.3 is 0 Å². The van der Waals surface area contributed by atoms with E-state index in [4.69, 9.17) is 15.2 Å². The second kappa shape index (κ2) is 5.61. The molecular weight excluding hydrogens is 272 g/mol. The van der Waals surface area contributed by atoms with Crippen LogP contribution in [-0.2, 0) is 11.3 Å². The summed E-state index contributed by atoms with van der Waals surface area (Å²) in [7, 11) is 0. The van der Waals surface area contributed by atoms with E-state index in [0.717, 1.165) is 32.3 Å². The van der Waals surface area contributed by atoms with Gasteiger partial charge in [0, 0.05) is 37.1 Å². The van der Waals surface area contributed by atoms with E-state index in [9.17, 15) is 10.1 Å². The molecule has 1 saturated carbocycles. The van der Waals surface area contributed by atoms with Gasteiger partial charge in [-0.25, -0.2) is 0 Å². The molecule has 1 spiro atoms. The fourth-order valence-electron chi connectivity index (χ4n) is 3.14. The Morgan fingerprint density at radius 1 is 1.48 bits per heavy atom. The number of nitro groups is 1. The highest BCUT2D eigenvalue weighted by Crippen LogP contribution is 2.43. The van der Waals surface area contributed by atoms with Gasteiger partial charge in [0.05, 0.1) is 17.1 Å². The first kappa shape index (κ1) is 14.3. The van der Waals surface area contributed by atoms with E-state index in [1.807, 2.05) is 0 Å². The van der Waals surface area contributed by atoms with Crippen LogP contribution >= 0.6 is 0 Å². The first-order valence-electron chi connectivity index (χ1n) is 7.40. The molecule has 2 fully saturated rings. The summed E-state index contributed by atoms with van der Waals surface area (Å²) in [6.07, 6.45) is 5.29. The van der Waals surface area contributed by atoms with Crippen molar-refractivity contribution in [3.63, 3.8) is 0 Å². The maximum atomic E-state index is 10.8.